The molecule has 0 N–H and O–H groups in total. The molecule has 0 aliphatic carbocycles. The monoisotopic (exact) mass is 433 g/mol. The molecule has 30 heavy (non-hydrogen) atoms. The zero-order valence-corrected chi connectivity index (χ0v) is 20.1. The van der Waals surface area contributed by atoms with E-state index >= 15 is 0 Å². The van der Waals surface area contributed by atoms with E-state index in [0.29, 0.717) is 11.0 Å². The van der Waals surface area contributed by atoms with Crippen LogP contribution in [0, 0.1) is 5.82 Å². The highest BCUT2D eigenvalue weighted by Crippen LogP contribution is 2.24. The molecule has 0 spiro atoms. The average Bonchev–Trinajstić information content (AvgIpc) is 2.66. The van der Waals surface area contributed by atoms with Crippen molar-refractivity contribution >= 4 is 32.1 Å². The van der Waals surface area contributed by atoms with Gasteiger partial charge in [-0.15, -0.1) is 9.24 Å². The molecule has 164 valence electrons. The fourth-order valence-electron chi connectivity index (χ4n) is 2.74. The maximum atomic E-state index is 14.4. The van der Waals surface area contributed by atoms with Crippen molar-refractivity contribution in [3.63, 3.8) is 0 Å². The third-order valence-electron chi connectivity index (χ3n) is 4.06. The normalized spacial score (nSPS) is 10.9. The number of carbonyl (C=O) groups is 2. The fourth-order valence-corrected chi connectivity index (χ4v) is 3.11. The highest BCUT2D eigenvalue weighted by atomic mass is 31.0. The zero-order valence-electron chi connectivity index (χ0n) is 19.0. The summed E-state index contributed by atoms with van der Waals surface area (Å²) < 4.78 is 19.8. The number of hydrogen-bond donors (Lipinski definition) is 0. The molecule has 0 heterocycles. The number of nitrogens with zero attached hydrogens (tertiary/aromatic N) is 1. The van der Waals surface area contributed by atoms with Crippen LogP contribution < -0.4 is 10.2 Å². The van der Waals surface area contributed by atoms with Crippen LogP contribution in [0.25, 0.3) is 0 Å². The third kappa shape index (κ3) is 7.21. The quantitative estimate of drug-likeness (QED) is 0.464. The van der Waals surface area contributed by atoms with Crippen molar-refractivity contribution in [2.75, 3.05) is 11.4 Å². The number of esters is 1. The van der Waals surface area contributed by atoms with Gasteiger partial charge in [-0.3, -0.25) is 14.5 Å². The molecule has 1 atom stereocenters. The summed E-state index contributed by atoms with van der Waals surface area (Å²) in [6.45, 7) is 13.0. The van der Waals surface area contributed by atoms with Crippen molar-refractivity contribution in [1.29, 1.82) is 0 Å². The highest BCUT2D eigenvalue weighted by molar-refractivity contribution is 7.27. The first kappa shape index (κ1) is 25.8. The maximum Gasteiger partial charge on any atom is 0.326 e. The summed E-state index contributed by atoms with van der Waals surface area (Å²) in [6, 6.07) is 11.8. The summed E-state index contributed by atoms with van der Waals surface area (Å²) in [7, 11) is 2.37. The molecule has 0 radical (unpaired) electrons. The van der Waals surface area contributed by atoms with E-state index in [1.807, 2.05) is 45.9 Å². The van der Waals surface area contributed by atoms with Crippen LogP contribution in [0.5, 0.6) is 0 Å². The van der Waals surface area contributed by atoms with Crippen molar-refractivity contribution in [2.45, 2.75) is 60.0 Å². The SMILES string of the molecule is CC.CC(C)c1cccc(N(CC(=O)OC(C)(C)C)C(=O)c2c(F)cccc2P)c1. The Balaban J connectivity index is 0.00000218. The Bertz CT molecular complexity index is 855. The average molecular weight is 434 g/mol. The topological polar surface area (TPSA) is 46.6 Å². The van der Waals surface area contributed by atoms with Crippen LogP contribution in [-0.4, -0.2) is 24.0 Å². The Morgan fingerprint density at radius 3 is 2.23 bits per heavy atom. The maximum absolute atomic E-state index is 14.4. The van der Waals surface area contributed by atoms with Gasteiger partial charge in [-0.25, -0.2) is 4.39 Å². The molecule has 2 rings (SSSR count). The minimum absolute atomic E-state index is 0.0778. The van der Waals surface area contributed by atoms with Gasteiger partial charge in [0.1, 0.15) is 18.0 Å². The van der Waals surface area contributed by atoms with Gasteiger partial charge in [0.15, 0.2) is 0 Å². The predicted octanol–water partition coefficient (Wildman–Crippen LogP) is 5.46. The van der Waals surface area contributed by atoms with E-state index in [9.17, 15) is 14.0 Å². The lowest BCUT2D eigenvalue weighted by molar-refractivity contribution is -0.152. The minimum atomic E-state index is -0.685. The van der Waals surface area contributed by atoms with Crippen LogP contribution in [0.1, 0.15) is 70.3 Å². The first-order chi connectivity index (χ1) is 14.0. The van der Waals surface area contributed by atoms with Crippen molar-refractivity contribution in [1.82, 2.24) is 0 Å². The molecule has 0 saturated carbocycles. The Hall–Kier alpha value is -2.26. The van der Waals surface area contributed by atoms with Crippen molar-refractivity contribution in [3.8, 4) is 0 Å². The largest absolute Gasteiger partial charge is 0.459 e. The second kappa shape index (κ2) is 11.2. The molecule has 4 nitrogen and oxygen atoms in total. The molecule has 6 heteroatoms. The number of ether oxygens (including phenoxy) is 1. The van der Waals surface area contributed by atoms with E-state index in [4.69, 9.17) is 4.74 Å². The van der Waals surface area contributed by atoms with Crippen molar-refractivity contribution in [2.24, 2.45) is 0 Å². The number of benzene rings is 2. The molecule has 0 bridgehead atoms. The standard InChI is InChI=1S/C22H27FNO3P.C2H6/c1-14(2)15-8-6-9-16(12-15)24(13-19(25)27-22(3,4)5)21(26)20-17(23)10-7-11-18(20)28;1-2/h6-12,14H,13,28H2,1-5H3;1-2H3. The van der Waals surface area contributed by atoms with Gasteiger partial charge in [-0.2, -0.15) is 0 Å². The van der Waals surface area contributed by atoms with E-state index in [0.717, 1.165) is 5.56 Å². The van der Waals surface area contributed by atoms with Crippen LogP contribution in [0.2, 0.25) is 0 Å². The Morgan fingerprint density at radius 2 is 1.70 bits per heavy atom. The molecule has 0 aliphatic heterocycles. The van der Waals surface area contributed by atoms with Gasteiger partial charge in [-0.05, 0) is 55.8 Å². The summed E-state index contributed by atoms with van der Waals surface area (Å²) in [5.74, 6) is -1.54. The summed E-state index contributed by atoms with van der Waals surface area (Å²) in [5, 5.41) is 0.430. The number of carbonyl (C=O) groups excluding carboxylic acids is 2. The summed E-state index contributed by atoms with van der Waals surface area (Å²) in [6.07, 6.45) is 0. The number of halogens is 1. The molecule has 2 aromatic rings. The van der Waals surface area contributed by atoms with Gasteiger partial charge in [0, 0.05) is 5.69 Å². The molecule has 1 unspecified atom stereocenters. The molecule has 0 aliphatic rings. The van der Waals surface area contributed by atoms with E-state index in [1.54, 1.807) is 32.9 Å². The second-order valence-electron chi connectivity index (χ2n) is 7.93. The third-order valence-corrected chi connectivity index (χ3v) is 4.54. The lowest BCUT2D eigenvalue weighted by Crippen LogP contribution is -2.40. The smallest absolute Gasteiger partial charge is 0.326 e. The molecular weight excluding hydrogens is 400 g/mol. The van der Waals surface area contributed by atoms with Gasteiger partial charge in [0.05, 0.1) is 5.56 Å². The summed E-state index contributed by atoms with van der Waals surface area (Å²) >= 11 is 0. The van der Waals surface area contributed by atoms with Crippen molar-refractivity contribution < 1.29 is 18.7 Å². The van der Waals surface area contributed by atoms with Crippen LogP contribution in [0.3, 0.4) is 0 Å². The summed E-state index contributed by atoms with van der Waals surface area (Å²) in [4.78, 5) is 27.0. The van der Waals surface area contributed by atoms with Crippen LogP contribution in [0.4, 0.5) is 10.1 Å². The molecule has 0 fully saturated rings. The first-order valence-corrected chi connectivity index (χ1v) is 10.7. The summed E-state index contributed by atoms with van der Waals surface area (Å²) in [5.41, 5.74) is 0.773. The van der Waals surface area contributed by atoms with Gasteiger partial charge in [0.2, 0.25) is 0 Å². The molecule has 2 aromatic carbocycles. The van der Waals surface area contributed by atoms with Crippen molar-refractivity contribution in [3.05, 3.63) is 59.4 Å². The molecular formula is C24H33FNO3P. The Morgan fingerprint density at radius 1 is 1.10 bits per heavy atom. The van der Waals surface area contributed by atoms with Crippen LogP contribution in [0.15, 0.2) is 42.5 Å². The van der Waals surface area contributed by atoms with Gasteiger partial charge >= 0.3 is 5.97 Å². The number of amides is 1. The first-order valence-electron chi connectivity index (χ1n) is 10.2. The molecule has 0 saturated heterocycles. The second-order valence-corrected chi connectivity index (χ2v) is 8.55. The molecule has 0 aromatic heterocycles. The highest BCUT2D eigenvalue weighted by Gasteiger charge is 2.27. The van der Waals surface area contributed by atoms with E-state index in [1.165, 1.54) is 17.0 Å². The van der Waals surface area contributed by atoms with Crippen LogP contribution in [-0.2, 0) is 9.53 Å². The number of rotatable bonds is 5. The number of anilines is 1. The number of hydrogen-bond acceptors (Lipinski definition) is 3. The lowest BCUT2D eigenvalue weighted by atomic mass is 10.0. The van der Waals surface area contributed by atoms with E-state index in [-0.39, 0.29) is 18.0 Å². The lowest BCUT2D eigenvalue weighted by Gasteiger charge is -2.26. The van der Waals surface area contributed by atoms with Crippen LogP contribution >= 0.6 is 9.24 Å². The van der Waals surface area contributed by atoms with Gasteiger partial charge in [0.25, 0.3) is 5.91 Å². The van der Waals surface area contributed by atoms with Gasteiger partial charge in [-0.1, -0.05) is 52.0 Å². The molecule has 1 amide bonds. The zero-order chi connectivity index (χ0) is 23.1. The predicted molar refractivity (Wildman–Crippen MR) is 125 cm³/mol. The fraction of sp³-hybridized carbons (Fsp3) is 0.417. The van der Waals surface area contributed by atoms with E-state index in [2.05, 4.69) is 9.24 Å². The minimum Gasteiger partial charge on any atom is -0.459 e. The Kier molecular flexibility index (Phi) is 9.64. The van der Waals surface area contributed by atoms with E-state index < -0.39 is 23.3 Å². The Labute approximate surface area is 182 Å². The van der Waals surface area contributed by atoms with Gasteiger partial charge < -0.3 is 4.74 Å².